The highest BCUT2D eigenvalue weighted by molar-refractivity contribution is 7.97. The number of rotatable bonds is 4. The standard InChI is InChI=1S/C21H21OS/c1-16-4-10-19(11-5-16)23(20-12-6-17(2)7-13-20)21-14-8-18(22-3)9-15-21/h4-15H,1-3H3/q+1. The van der Waals surface area contributed by atoms with E-state index in [9.17, 15) is 0 Å². The van der Waals surface area contributed by atoms with E-state index >= 15 is 0 Å². The van der Waals surface area contributed by atoms with E-state index in [2.05, 4.69) is 74.5 Å². The molecule has 0 aliphatic heterocycles. The molecule has 0 fully saturated rings. The van der Waals surface area contributed by atoms with Gasteiger partial charge in [-0.05, 0) is 62.4 Å². The molecule has 0 spiro atoms. The van der Waals surface area contributed by atoms with E-state index in [1.807, 2.05) is 12.1 Å². The molecule has 0 unspecified atom stereocenters. The molecule has 0 N–H and O–H groups in total. The monoisotopic (exact) mass is 321 g/mol. The molecular weight excluding hydrogens is 300 g/mol. The van der Waals surface area contributed by atoms with Crippen molar-refractivity contribution in [3.8, 4) is 5.75 Å². The summed E-state index contributed by atoms with van der Waals surface area (Å²) in [5.41, 5.74) is 2.58. The minimum atomic E-state index is -0.0970. The summed E-state index contributed by atoms with van der Waals surface area (Å²) in [6.45, 7) is 4.25. The maximum atomic E-state index is 5.29. The molecular formula is C21H21OS+. The minimum absolute atomic E-state index is 0.0970. The van der Waals surface area contributed by atoms with Gasteiger partial charge in [0.25, 0.3) is 0 Å². The molecule has 3 rings (SSSR count). The maximum Gasteiger partial charge on any atom is 0.166 e. The minimum Gasteiger partial charge on any atom is -0.497 e. The van der Waals surface area contributed by atoms with E-state index < -0.39 is 0 Å². The zero-order chi connectivity index (χ0) is 16.2. The number of benzene rings is 3. The molecule has 0 aliphatic carbocycles. The van der Waals surface area contributed by atoms with Crippen LogP contribution in [0.2, 0.25) is 0 Å². The third kappa shape index (κ3) is 3.59. The van der Waals surface area contributed by atoms with Gasteiger partial charge in [-0.3, -0.25) is 0 Å². The van der Waals surface area contributed by atoms with E-state index in [4.69, 9.17) is 4.74 Å². The molecule has 0 aromatic heterocycles. The topological polar surface area (TPSA) is 9.23 Å². The van der Waals surface area contributed by atoms with Crippen LogP contribution in [0.3, 0.4) is 0 Å². The van der Waals surface area contributed by atoms with Crippen LogP contribution < -0.4 is 4.74 Å². The number of methoxy groups -OCH3 is 1. The van der Waals surface area contributed by atoms with Crippen LogP contribution in [0.5, 0.6) is 5.75 Å². The highest BCUT2D eigenvalue weighted by Crippen LogP contribution is 2.32. The lowest BCUT2D eigenvalue weighted by Crippen LogP contribution is -2.05. The molecule has 0 radical (unpaired) electrons. The third-order valence-corrected chi connectivity index (χ3v) is 6.04. The van der Waals surface area contributed by atoms with Crippen molar-refractivity contribution >= 4 is 10.9 Å². The van der Waals surface area contributed by atoms with Crippen LogP contribution in [0, 0.1) is 13.8 Å². The first kappa shape index (κ1) is 15.7. The van der Waals surface area contributed by atoms with Crippen LogP contribution in [-0.4, -0.2) is 7.11 Å². The lowest BCUT2D eigenvalue weighted by atomic mass is 10.2. The van der Waals surface area contributed by atoms with Crippen LogP contribution in [0.15, 0.2) is 87.5 Å². The van der Waals surface area contributed by atoms with Crippen LogP contribution in [0.1, 0.15) is 11.1 Å². The van der Waals surface area contributed by atoms with Gasteiger partial charge in [-0.2, -0.15) is 0 Å². The lowest BCUT2D eigenvalue weighted by molar-refractivity contribution is 0.414. The van der Waals surface area contributed by atoms with Crippen molar-refractivity contribution in [2.45, 2.75) is 28.5 Å². The fourth-order valence-electron chi connectivity index (χ4n) is 2.47. The number of aryl methyl sites for hydroxylation is 2. The molecule has 0 bridgehead atoms. The first-order valence-corrected chi connectivity index (χ1v) is 8.91. The Bertz CT molecular complexity index is 713. The molecule has 0 amide bonds. The Hall–Kier alpha value is -2.19. The second-order valence-electron chi connectivity index (χ2n) is 5.61. The van der Waals surface area contributed by atoms with E-state index in [-0.39, 0.29) is 10.9 Å². The molecule has 2 heteroatoms. The van der Waals surface area contributed by atoms with Crippen molar-refractivity contribution in [2.75, 3.05) is 7.11 Å². The van der Waals surface area contributed by atoms with Crippen molar-refractivity contribution in [3.05, 3.63) is 83.9 Å². The fourth-order valence-corrected chi connectivity index (χ4v) is 4.51. The molecule has 0 heterocycles. The van der Waals surface area contributed by atoms with Gasteiger partial charge in [0.1, 0.15) is 5.75 Å². The van der Waals surface area contributed by atoms with Crippen LogP contribution >= 0.6 is 0 Å². The Morgan fingerprint density at radius 3 is 1.26 bits per heavy atom. The largest absolute Gasteiger partial charge is 0.497 e. The Balaban J connectivity index is 2.08. The Morgan fingerprint density at radius 2 is 0.913 bits per heavy atom. The zero-order valence-electron chi connectivity index (χ0n) is 13.7. The van der Waals surface area contributed by atoms with Gasteiger partial charge >= 0.3 is 0 Å². The van der Waals surface area contributed by atoms with Gasteiger partial charge in [0, 0.05) is 0 Å². The number of ether oxygens (including phenoxy) is 1. The highest BCUT2D eigenvalue weighted by Gasteiger charge is 2.28. The molecule has 1 nitrogen and oxygen atoms in total. The predicted octanol–water partition coefficient (Wildman–Crippen LogP) is 5.41. The summed E-state index contributed by atoms with van der Waals surface area (Å²) in [5.74, 6) is 0.894. The smallest absolute Gasteiger partial charge is 0.166 e. The molecule has 116 valence electrons. The fraction of sp³-hybridized carbons (Fsp3) is 0.143. The average molecular weight is 321 g/mol. The maximum absolute atomic E-state index is 5.29. The summed E-state index contributed by atoms with van der Waals surface area (Å²) >= 11 is 0. The van der Waals surface area contributed by atoms with Gasteiger partial charge < -0.3 is 4.74 Å². The quantitative estimate of drug-likeness (QED) is 0.584. The molecule has 3 aromatic carbocycles. The van der Waals surface area contributed by atoms with Crippen molar-refractivity contribution in [1.82, 2.24) is 0 Å². The first-order chi connectivity index (χ1) is 11.2. The van der Waals surface area contributed by atoms with Gasteiger partial charge in [-0.1, -0.05) is 35.4 Å². The van der Waals surface area contributed by atoms with Crippen LogP contribution in [-0.2, 0) is 10.9 Å². The first-order valence-electron chi connectivity index (χ1n) is 7.69. The average Bonchev–Trinajstić information content (AvgIpc) is 2.59. The van der Waals surface area contributed by atoms with Crippen molar-refractivity contribution in [2.24, 2.45) is 0 Å². The SMILES string of the molecule is COc1ccc([S+](c2ccc(C)cc2)c2ccc(C)cc2)cc1. The second kappa shape index (κ2) is 6.93. The molecule has 3 aromatic rings. The van der Waals surface area contributed by atoms with Crippen molar-refractivity contribution in [3.63, 3.8) is 0 Å². The van der Waals surface area contributed by atoms with Gasteiger partial charge in [0.2, 0.25) is 0 Å². The molecule has 0 atom stereocenters. The van der Waals surface area contributed by atoms with Crippen molar-refractivity contribution < 1.29 is 4.74 Å². The normalized spacial score (nSPS) is 10.8. The van der Waals surface area contributed by atoms with Crippen molar-refractivity contribution in [1.29, 1.82) is 0 Å². The summed E-state index contributed by atoms with van der Waals surface area (Å²) in [6, 6.07) is 26.1. The molecule has 0 saturated heterocycles. The summed E-state index contributed by atoms with van der Waals surface area (Å²) in [6.07, 6.45) is 0. The summed E-state index contributed by atoms with van der Waals surface area (Å²) in [5, 5.41) is 0. The van der Waals surface area contributed by atoms with Gasteiger partial charge in [0.05, 0.1) is 18.0 Å². The van der Waals surface area contributed by atoms with Gasteiger partial charge in [-0.15, -0.1) is 0 Å². The highest BCUT2D eigenvalue weighted by atomic mass is 32.2. The van der Waals surface area contributed by atoms with Crippen LogP contribution in [0.25, 0.3) is 0 Å². The van der Waals surface area contributed by atoms with E-state index in [1.54, 1.807) is 7.11 Å². The summed E-state index contributed by atoms with van der Waals surface area (Å²) in [4.78, 5) is 3.98. The Labute approximate surface area is 141 Å². The Kier molecular flexibility index (Phi) is 4.73. The number of hydrogen-bond acceptors (Lipinski definition) is 1. The van der Waals surface area contributed by atoms with E-state index in [0.29, 0.717) is 0 Å². The van der Waals surface area contributed by atoms with Crippen LogP contribution in [0.4, 0.5) is 0 Å². The molecule has 23 heavy (non-hydrogen) atoms. The van der Waals surface area contributed by atoms with Gasteiger partial charge in [0.15, 0.2) is 14.7 Å². The summed E-state index contributed by atoms with van der Waals surface area (Å²) in [7, 11) is 1.61. The zero-order valence-corrected chi connectivity index (χ0v) is 14.6. The lowest BCUT2D eigenvalue weighted by Gasteiger charge is -2.09. The second-order valence-corrected chi connectivity index (χ2v) is 7.63. The summed E-state index contributed by atoms with van der Waals surface area (Å²) < 4.78 is 5.29. The molecule has 0 aliphatic rings. The van der Waals surface area contributed by atoms with E-state index in [0.717, 1.165) is 5.75 Å². The predicted molar refractivity (Wildman–Crippen MR) is 97.5 cm³/mol. The molecule has 0 saturated carbocycles. The van der Waals surface area contributed by atoms with E-state index in [1.165, 1.54) is 25.8 Å². The van der Waals surface area contributed by atoms with Gasteiger partial charge in [-0.25, -0.2) is 0 Å². The Morgan fingerprint density at radius 1 is 0.565 bits per heavy atom. The third-order valence-electron chi connectivity index (χ3n) is 3.81. The number of hydrogen-bond donors (Lipinski definition) is 0.